The summed E-state index contributed by atoms with van der Waals surface area (Å²) in [4.78, 5) is 55.7. The van der Waals surface area contributed by atoms with Crippen LogP contribution in [0.5, 0.6) is 0 Å². The van der Waals surface area contributed by atoms with E-state index in [1.165, 1.54) is 56.0 Å². The number of benzene rings is 1. The van der Waals surface area contributed by atoms with Crippen molar-refractivity contribution in [1.29, 1.82) is 0 Å². The maximum absolute atomic E-state index is 13.4. The summed E-state index contributed by atoms with van der Waals surface area (Å²) in [5, 5.41) is 15.9. The summed E-state index contributed by atoms with van der Waals surface area (Å²) in [5.74, 6) is 3.04. The van der Waals surface area contributed by atoms with E-state index in [1.54, 1.807) is 0 Å². The molecule has 3 saturated heterocycles. The second kappa shape index (κ2) is 18.7. The number of amides is 3. The standard InChI is InChI=1S/C50H63N11O4/c1-30(2)61-49-44(48(51)53-29-54-49)45(57-61)46-43(47(65-58-46)35-8-9-35)39-17-12-36(28-52-39)34-22-26-60(27-23-34)42(63)5-3-4-31-6-15-38(16-7-31)59-24-20-33(21-25-59)32-10-13-37(14-11-32)55-40-18-19-41(62)56-50(40)64/h10-14,17,28-31,33-35,38,40,55H,3-9,15-16,18-27H2,1-2H3,(H2,51,53,54)(H,56,62,64). The SMILES string of the molecule is CC(C)n1nc(-c2noc(C3CC3)c2-c2ccc(C3CCN(C(=O)CCCC4CCC(N5CCC(c6ccc(NC7CCC(=O)NC7=O)cc6)CC5)CC4)CC3)cn2)c2c(N)ncnc21. The maximum Gasteiger partial charge on any atom is 0.249 e. The van der Waals surface area contributed by atoms with Crippen molar-refractivity contribution >= 4 is 40.3 Å². The van der Waals surface area contributed by atoms with Crippen LogP contribution >= 0.6 is 0 Å². The van der Waals surface area contributed by atoms with E-state index < -0.39 is 0 Å². The van der Waals surface area contributed by atoms with E-state index in [9.17, 15) is 14.4 Å². The number of anilines is 2. The monoisotopic (exact) mass is 882 g/mol. The number of imide groups is 1. The van der Waals surface area contributed by atoms with Crippen LogP contribution in [-0.2, 0) is 14.4 Å². The molecule has 3 aliphatic heterocycles. The second-order valence-corrected chi connectivity index (χ2v) is 19.7. The maximum atomic E-state index is 13.4. The first-order valence-electron chi connectivity index (χ1n) is 24.3. The molecule has 10 rings (SSSR count). The molecule has 4 N–H and O–H groups in total. The van der Waals surface area contributed by atoms with Crippen LogP contribution in [0.15, 0.2) is 53.4 Å². The Balaban J connectivity index is 0.657. The normalized spacial score (nSPS) is 22.8. The quantitative estimate of drug-likeness (QED) is 0.0965. The van der Waals surface area contributed by atoms with Gasteiger partial charge in [0.2, 0.25) is 17.7 Å². The van der Waals surface area contributed by atoms with E-state index in [0.717, 1.165) is 93.3 Å². The molecule has 65 heavy (non-hydrogen) atoms. The number of fused-ring (bicyclic) bond motifs is 1. The van der Waals surface area contributed by atoms with Crippen LogP contribution in [0.3, 0.4) is 0 Å². The number of rotatable bonds is 13. The molecule has 15 heteroatoms. The number of carbonyl (C=O) groups is 3. The molecule has 2 saturated carbocycles. The molecule has 1 atom stereocenters. The number of nitrogens with one attached hydrogen (secondary N) is 2. The van der Waals surface area contributed by atoms with Crippen molar-refractivity contribution in [3.8, 4) is 22.6 Å². The van der Waals surface area contributed by atoms with Gasteiger partial charge in [-0.3, -0.25) is 24.7 Å². The summed E-state index contributed by atoms with van der Waals surface area (Å²) >= 11 is 0. The van der Waals surface area contributed by atoms with Gasteiger partial charge in [-0.25, -0.2) is 14.6 Å². The van der Waals surface area contributed by atoms with Gasteiger partial charge in [0.15, 0.2) is 5.65 Å². The zero-order valence-electron chi connectivity index (χ0n) is 37.9. The Morgan fingerprint density at radius 2 is 1.55 bits per heavy atom. The van der Waals surface area contributed by atoms with Crippen molar-refractivity contribution in [3.63, 3.8) is 0 Å². The van der Waals surface area contributed by atoms with Gasteiger partial charge < -0.3 is 25.4 Å². The fourth-order valence-corrected chi connectivity index (χ4v) is 11.1. The van der Waals surface area contributed by atoms with Crippen LogP contribution in [0.2, 0.25) is 0 Å². The van der Waals surface area contributed by atoms with E-state index in [-0.39, 0.29) is 23.9 Å². The lowest BCUT2D eigenvalue weighted by molar-refractivity contribution is -0.134. The molecule has 3 amide bonds. The molecule has 0 spiro atoms. The van der Waals surface area contributed by atoms with Gasteiger partial charge in [0.1, 0.15) is 35.3 Å². The minimum atomic E-state index is -0.359. The summed E-state index contributed by atoms with van der Waals surface area (Å²) in [6.07, 6.45) is 18.5. The molecule has 342 valence electrons. The summed E-state index contributed by atoms with van der Waals surface area (Å²) in [5.41, 5.74) is 13.5. The highest BCUT2D eigenvalue weighted by molar-refractivity contribution is 6.02. The van der Waals surface area contributed by atoms with Crippen molar-refractivity contribution in [1.82, 2.24) is 45.0 Å². The molecule has 1 unspecified atom stereocenters. The highest BCUT2D eigenvalue weighted by Crippen LogP contribution is 2.48. The molecule has 5 aromatic rings. The Kier molecular flexibility index (Phi) is 12.4. The van der Waals surface area contributed by atoms with Crippen LogP contribution in [0.4, 0.5) is 11.5 Å². The smallest absolute Gasteiger partial charge is 0.249 e. The van der Waals surface area contributed by atoms with Crippen LogP contribution < -0.4 is 16.4 Å². The zero-order chi connectivity index (χ0) is 44.6. The number of hydrogen-bond donors (Lipinski definition) is 3. The Hall–Kier alpha value is -5.70. The van der Waals surface area contributed by atoms with Crippen LogP contribution in [0.25, 0.3) is 33.7 Å². The van der Waals surface area contributed by atoms with Crippen LogP contribution in [0.1, 0.15) is 151 Å². The average Bonchev–Trinajstić information content (AvgIpc) is 3.95. The first-order chi connectivity index (χ1) is 31.7. The van der Waals surface area contributed by atoms with Gasteiger partial charge in [0.25, 0.3) is 0 Å². The molecule has 7 heterocycles. The number of nitrogens with two attached hydrogens (primary N) is 1. The van der Waals surface area contributed by atoms with Crippen molar-refractivity contribution in [3.05, 3.63) is 65.8 Å². The largest absolute Gasteiger partial charge is 0.383 e. The van der Waals surface area contributed by atoms with Gasteiger partial charge in [0.05, 0.1) is 16.6 Å². The Bertz CT molecular complexity index is 2490. The molecule has 1 aromatic carbocycles. The van der Waals surface area contributed by atoms with E-state index in [1.807, 2.05) is 10.9 Å². The molecule has 5 aliphatic rings. The average molecular weight is 882 g/mol. The van der Waals surface area contributed by atoms with Gasteiger partial charge in [-0.2, -0.15) is 5.10 Å². The van der Waals surface area contributed by atoms with Gasteiger partial charge in [-0.15, -0.1) is 0 Å². The molecule has 0 bridgehead atoms. The summed E-state index contributed by atoms with van der Waals surface area (Å²) < 4.78 is 7.88. The van der Waals surface area contributed by atoms with Crippen molar-refractivity contribution in [2.45, 2.75) is 146 Å². The highest BCUT2D eigenvalue weighted by Gasteiger charge is 2.36. The molecular weight excluding hydrogens is 819 g/mol. The lowest BCUT2D eigenvalue weighted by Gasteiger charge is -2.41. The highest BCUT2D eigenvalue weighted by atomic mass is 16.5. The van der Waals surface area contributed by atoms with Crippen LogP contribution in [-0.4, -0.2) is 95.7 Å². The first-order valence-corrected chi connectivity index (χ1v) is 24.3. The van der Waals surface area contributed by atoms with Crippen LogP contribution in [0, 0.1) is 5.92 Å². The number of likely N-dealkylation sites (tertiary alicyclic amines) is 2. The fourth-order valence-electron chi connectivity index (χ4n) is 11.1. The van der Waals surface area contributed by atoms with Gasteiger partial charge in [-0.1, -0.05) is 23.4 Å². The number of aromatic nitrogens is 6. The Labute approximate surface area is 380 Å². The van der Waals surface area contributed by atoms with Crippen molar-refractivity contribution in [2.75, 3.05) is 37.2 Å². The summed E-state index contributed by atoms with van der Waals surface area (Å²) in [6.45, 7) is 7.99. The number of piperidine rings is 3. The predicted octanol–water partition coefficient (Wildman–Crippen LogP) is 8.12. The minimum absolute atomic E-state index is 0.0643. The van der Waals surface area contributed by atoms with Crippen molar-refractivity contribution < 1.29 is 18.9 Å². The number of nitrogens with zero attached hydrogens (tertiary/aromatic N) is 8. The van der Waals surface area contributed by atoms with E-state index in [4.69, 9.17) is 20.3 Å². The van der Waals surface area contributed by atoms with E-state index in [0.29, 0.717) is 77.2 Å². The lowest BCUT2D eigenvalue weighted by atomic mass is 9.81. The molecule has 5 fully saturated rings. The molecular formula is C50H63N11O4. The van der Waals surface area contributed by atoms with Gasteiger partial charge in [0, 0.05) is 55.8 Å². The lowest BCUT2D eigenvalue weighted by Crippen LogP contribution is -2.47. The summed E-state index contributed by atoms with van der Waals surface area (Å²) in [6, 6.07) is 13.2. The Morgan fingerprint density at radius 1 is 0.831 bits per heavy atom. The molecule has 0 radical (unpaired) electrons. The van der Waals surface area contributed by atoms with E-state index >= 15 is 0 Å². The number of carbonyl (C=O) groups excluding carboxylic acids is 3. The molecule has 4 aromatic heterocycles. The second-order valence-electron chi connectivity index (χ2n) is 19.7. The number of hydrogen-bond acceptors (Lipinski definition) is 12. The predicted molar refractivity (Wildman–Crippen MR) is 249 cm³/mol. The van der Waals surface area contributed by atoms with Gasteiger partial charge >= 0.3 is 0 Å². The number of pyridine rings is 1. The fraction of sp³-hybridized carbons (Fsp3) is 0.560. The third-order valence-electron chi connectivity index (χ3n) is 15.1. The topological polar surface area (TPSA) is 190 Å². The van der Waals surface area contributed by atoms with E-state index in [2.05, 4.69) is 85.8 Å². The van der Waals surface area contributed by atoms with Crippen molar-refractivity contribution in [2.24, 2.45) is 5.92 Å². The third kappa shape index (κ3) is 9.26. The third-order valence-corrected chi connectivity index (χ3v) is 15.1. The minimum Gasteiger partial charge on any atom is -0.383 e. The Morgan fingerprint density at radius 3 is 2.25 bits per heavy atom. The number of nitrogen functional groups attached to an aromatic ring is 1. The molecule has 2 aliphatic carbocycles. The zero-order valence-corrected chi connectivity index (χ0v) is 37.9. The van der Waals surface area contributed by atoms with Gasteiger partial charge in [-0.05, 0) is 157 Å². The molecule has 15 nitrogen and oxygen atoms in total. The summed E-state index contributed by atoms with van der Waals surface area (Å²) in [7, 11) is 0. The first kappa shape index (κ1) is 43.2.